The van der Waals surface area contributed by atoms with Crippen LogP contribution in [0.5, 0.6) is 0 Å². The Morgan fingerprint density at radius 1 is 0.875 bits per heavy atom. The van der Waals surface area contributed by atoms with Gasteiger partial charge in [-0.2, -0.15) is 0 Å². The third-order valence-corrected chi connectivity index (χ3v) is 4.16. The first-order valence-corrected chi connectivity index (χ1v) is 8.04. The summed E-state index contributed by atoms with van der Waals surface area (Å²) in [4.78, 5) is 22.2. The van der Waals surface area contributed by atoms with Gasteiger partial charge in [0.15, 0.2) is 0 Å². The molecule has 1 fully saturated rings. The number of piperazine rings is 1. The Kier molecular flexibility index (Phi) is 3.82. The van der Waals surface area contributed by atoms with Crippen LogP contribution < -0.4 is 9.80 Å². The highest BCUT2D eigenvalue weighted by atomic mass is 15.3. The van der Waals surface area contributed by atoms with Gasteiger partial charge in [0, 0.05) is 50.5 Å². The number of aryl methyl sites for hydroxylation is 1. The zero-order chi connectivity index (χ0) is 16.4. The molecule has 3 aromatic heterocycles. The fourth-order valence-electron chi connectivity index (χ4n) is 2.85. The van der Waals surface area contributed by atoms with E-state index in [-0.39, 0.29) is 0 Å². The molecule has 0 amide bonds. The SMILES string of the molecule is Cc1ccnc(N2CCN(c3cccc(-n4ccnc4)n3)CC2)n1. The molecule has 0 bridgehead atoms. The van der Waals surface area contributed by atoms with Crippen LogP contribution in [0.1, 0.15) is 5.69 Å². The van der Waals surface area contributed by atoms with Crippen LogP contribution in [0.2, 0.25) is 0 Å². The summed E-state index contributed by atoms with van der Waals surface area (Å²) in [5.41, 5.74) is 0.997. The molecule has 24 heavy (non-hydrogen) atoms. The second-order valence-electron chi connectivity index (χ2n) is 5.80. The molecule has 1 saturated heterocycles. The second-order valence-corrected chi connectivity index (χ2v) is 5.80. The molecule has 0 N–H and O–H groups in total. The van der Waals surface area contributed by atoms with Crippen LogP contribution >= 0.6 is 0 Å². The first-order valence-electron chi connectivity index (χ1n) is 8.04. The van der Waals surface area contributed by atoms with E-state index in [1.165, 1.54) is 0 Å². The average Bonchev–Trinajstić information content (AvgIpc) is 3.17. The predicted octanol–water partition coefficient (Wildman–Crippen LogP) is 1.69. The zero-order valence-electron chi connectivity index (χ0n) is 13.6. The molecular formula is C17H19N7. The Bertz CT molecular complexity index is 807. The highest BCUT2D eigenvalue weighted by Crippen LogP contribution is 2.18. The molecule has 4 heterocycles. The topological polar surface area (TPSA) is 63.0 Å². The van der Waals surface area contributed by atoms with E-state index in [1.807, 2.05) is 42.1 Å². The molecule has 0 unspecified atom stereocenters. The molecular weight excluding hydrogens is 302 g/mol. The summed E-state index contributed by atoms with van der Waals surface area (Å²) in [6, 6.07) is 8.00. The molecule has 0 aliphatic carbocycles. The van der Waals surface area contributed by atoms with Crippen LogP contribution in [0.4, 0.5) is 11.8 Å². The highest BCUT2D eigenvalue weighted by Gasteiger charge is 2.20. The van der Waals surface area contributed by atoms with Crippen molar-refractivity contribution in [3.05, 3.63) is 54.9 Å². The van der Waals surface area contributed by atoms with Crippen LogP contribution in [0.3, 0.4) is 0 Å². The Hall–Kier alpha value is -2.96. The average molecular weight is 321 g/mol. The van der Waals surface area contributed by atoms with E-state index in [1.54, 1.807) is 12.5 Å². The van der Waals surface area contributed by atoms with Gasteiger partial charge < -0.3 is 9.80 Å². The number of rotatable bonds is 3. The van der Waals surface area contributed by atoms with E-state index in [2.05, 4.69) is 30.8 Å². The molecule has 3 aromatic rings. The third kappa shape index (κ3) is 2.92. The number of anilines is 2. The summed E-state index contributed by atoms with van der Waals surface area (Å²) >= 11 is 0. The molecule has 0 aromatic carbocycles. The van der Waals surface area contributed by atoms with Gasteiger partial charge in [0.25, 0.3) is 0 Å². The van der Waals surface area contributed by atoms with Crippen molar-refractivity contribution in [2.24, 2.45) is 0 Å². The Morgan fingerprint density at radius 3 is 2.42 bits per heavy atom. The van der Waals surface area contributed by atoms with Crippen molar-refractivity contribution >= 4 is 11.8 Å². The minimum atomic E-state index is 0.815. The van der Waals surface area contributed by atoms with E-state index in [0.717, 1.165) is 49.5 Å². The molecule has 0 spiro atoms. The number of hydrogen-bond donors (Lipinski definition) is 0. The van der Waals surface area contributed by atoms with Crippen LogP contribution in [0.15, 0.2) is 49.2 Å². The normalized spacial score (nSPS) is 14.9. The molecule has 4 rings (SSSR count). The minimum absolute atomic E-state index is 0.815. The van der Waals surface area contributed by atoms with Gasteiger partial charge in [0.05, 0.1) is 0 Å². The van der Waals surface area contributed by atoms with Gasteiger partial charge >= 0.3 is 0 Å². The first-order chi connectivity index (χ1) is 11.8. The van der Waals surface area contributed by atoms with Gasteiger partial charge in [-0.25, -0.2) is 19.9 Å². The molecule has 122 valence electrons. The van der Waals surface area contributed by atoms with Crippen LogP contribution in [-0.2, 0) is 0 Å². The number of imidazole rings is 1. The van der Waals surface area contributed by atoms with Crippen molar-refractivity contribution < 1.29 is 0 Å². The maximum absolute atomic E-state index is 4.75. The zero-order valence-corrected chi connectivity index (χ0v) is 13.6. The van der Waals surface area contributed by atoms with E-state index in [0.29, 0.717) is 0 Å². The predicted molar refractivity (Wildman–Crippen MR) is 92.6 cm³/mol. The number of pyridine rings is 1. The molecule has 1 aliphatic heterocycles. The van der Waals surface area contributed by atoms with E-state index in [4.69, 9.17) is 4.98 Å². The van der Waals surface area contributed by atoms with Gasteiger partial charge in [-0.15, -0.1) is 0 Å². The van der Waals surface area contributed by atoms with Crippen molar-refractivity contribution in [3.8, 4) is 5.82 Å². The fraction of sp³-hybridized carbons (Fsp3) is 0.294. The Balaban J connectivity index is 1.47. The second kappa shape index (κ2) is 6.27. The van der Waals surface area contributed by atoms with Gasteiger partial charge in [-0.1, -0.05) is 6.07 Å². The Morgan fingerprint density at radius 2 is 1.67 bits per heavy atom. The van der Waals surface area contributed by atoms with Crippen molar-refractivity contribution in [2.45, 2.75) is 6.92 Å². The molecule has 7 heteroatoms. The van der Waals surface area contributed by atoms with Gasteiger partial charge in [0.2, 0.25) is 5.95 Å². The lowest BCUT2D eigenvalue weighted by Crippen LogP contribution is -2.47. The van der Waals surface area contributed by atoms with Crippen molar-refractivity contribution in [1.29, 1.82) is 0 Å². The lowest BCUT2D eigenvalue weighted by atomic mass is 10.3. The molecule has 0 saturated carbocycles. The fourth-order valence-corrected chi connectivity index (χ4v) is 2.85. The molecule has 7 nitrogen and oxygen atoms in total. The Labute approximate surface area is 140 Å². The van der Waals surface area contributed by atoms with Gasteiger partial charge in [-0.3, -0.25) is 4.57 Å². The summed E-state index contributed by atoms with van der Waals surface area (Å²) in [6.45, 7) is 5.57. The number of nitrogens with zero attached hydrogens (tertiary/aromatic N) is 7. The van der Waals surface area contributed by atoms with Crippen molar-refractivity contribution in [2.75, 3.05) is 36.0 Å². The van der Waals surface area contributed by atoms with E-state index in [9.17, 15) is 0 Å². The van der Waals surface area contributed by atoms with Crippen LogP contribution in [0.25, 0.3) is 5.82 Å². The first kappa shape index (κ1) is 14.6. The standard InChI is InChI=1S/C17H19N7/c1-14-5-6-19-17(20-14)23-11-9-22(10-12-23)15-3-2-4-16(21-15)24-8-7-18-13-24/h2-8,13H,9-12H2,1H3. The largest absolute Gasteiger partial charge is 0.353 e. The maximum Gasteiger partial charge on any atom is 0.225 e. The molecule has 0 atom stereocenters. The third-order valence-electron chi connectivity index (χ3n) is 4.16. The van der Waals surface area contributed by atoms with Crippen molar-refractivity contribution in [1.82, 2.24) is 24.5 Å². The number of hydrogen-bond acceptors (Lipinski definition) is 6. The lowest BCUT2D eigenvalue weighted by molar-refractivity contribution is 0.633. The lowest BCUT2D eigenvalue weighted by Gasteiger charge is -2.35. The van der Waals surface area contributed by atoms with E-state index < -0.39 is 0 Å². The summed E-state index contributed by atoms with van der Waals surface area (Å²) in [6.07, 6.45) is 7.24. The number of aromatic nitrogens is 5. The summed E-state index contributed by atoms with van der Waals surface area (Å²) in [7, 11) is 0. The molecule has 0 radical (unpaired) electrons. The van der Waals surface area contributed by atoms with Crippen molar-refractivity contribution in [3.63, 3.8) is 0 Å². The monoisotopic (exact) mass is 321 g/mol. The summed E-state index contributed by atoms with van der Waals surface area (Å²) in [5, 5.41) is 0. The maximum atomic E-state index is 4.75. The van der Waals surface area contributed by atoms with Crippen LogP contribution in [0, 0.1) is 6.92 Å². The summed E-state index contributed by atoms with van der Waals surface area (Å²) < 4.78 is 1.92. The molecule has 1 aliphatic rings. The highest BCUT2D eigenvalue weighted by molar-refractivity contribution is 5.45. The van der Waals surface area contributed by atoms with Gasteiger partial charge in [0.1, 0.15) is 18.0 Å². The smallest absolute Gasteiger partial charge is 0.225 e. The van der Waals surface area contributed by atoms with Gasteiger partial charge in [-0.05, 0) is 25.1 Å². The summed E-state index contributed by atoms with van der Waals surface area (Å²) in [5.74, 6) is 2.69. The quantitative estimate of drug-likeness (QED) is 0.731. The van der Waals surface area contributed by atoms with Crippen LogP contribution in [-0.4, -0.2) is 50.7 Å². The minimum Gasteiger partial charge on any atom is -0.353 e. The van der Waals surface area contributed by atoms with E-state index >= 15 is 0 Å².